The number of hydrogen-bond donors (Lipinski definition) is 1. The molecule has 4 rings (SSSR count). The lowest BCUT2D eigenvalue weighted by molar-refractivity contribution is -0.122. The molecule has 1 aliphatic heterocycles. The van der Waals surface area contributed by atoms with Gasteiger partial charge in [0.1, 0.15) is 18.4 Å². The summed E-state index contributed by atoms with van der Waals surface area (Å²) in [7, 11) is 0. The van der Waals surface area contributed by atoms with Crippen LogP contribution in [0.1, 0.15) is 23.6 Å². The van der Waals surface area contributed by atoms with Crippen LogP contribution in [-0.2, 0) is 9.59 Å². The highest BCUT2D eigenvalue weighted by Crippen LogP contribution is 2.32. The first-order chi connectivity index (χ1) is 15.7. The van der Waals surface area contributed by atoms with Gasteiger partial charge in [-0.3, -0.25) is 14.6 Å². The van der Waals surface area contributed by atoms with Crippen LogP contribution in [0.15, 0.2) is 65.7 Å². The number of nitrogens with zero attached hydrogens (tertiary/aromatic N) is 2. The van der Waals surface area contributed by atoms with Crippen molar-refractivity contribution in [1.29, 1.82) is 0 Å². The van der Waals surface area contributed by atoms with Crippen LogP contribution in [0.2, 0.25) is 10.0 Å². The van der Waals surface area contributed by atoms with Gasteiger partial charge in [0, 0.05) is 16.1 Å². The molecule has 0 saturated heterocycles. The first-order valence-corrected chi connectivity index (χ1v) is 11.0. The lowest BCUT2D eigenvalue weighted by atomic mass is 9.99. The lowest BCUT2D eigenvalue weighted by Crippen LogP contribution is -2.42. The summed E-state index contributed by atoms with van der Waals surface area (Å²) >= 11 is 12.5. The summed E-state index contributed by atoms with van der Waals surface area (Å²) in [6.45, 7) is 3.23. The maximum absolute atomic E-state index is 14.7. The van der Waals surface area contributed by atoms with Gasteiger partial charge in [-0.15, -0.1) is 0 Å². The van der Waals surface area contributed by atoms with E-state index in [2.05, 4.69) is 10.3 Å². The number of fused-ring (bicyclic) bond motifs is 1. The standard InChI is InChI=1S/C25H20Cl2FN3O2/c1-14-7-9-21(19(27)11-14)30-23(32)13-31-22-10-8-16(26)12-18(22)24(29-15(2)25(31)33)17-5-3-4-6-20(17)28/h3-12,15H,13H2,1-2H3,(H,30,32). The molecule has 0 fully saturated rings. The third kappa shape index (κ3) is 4.77. The van der Waals surface area contributed by atoms with Gasteiger partial charge in [0.2, 0.25) is 5.91 Å². The van der Waals surface area contributed by atoms with Crippen LogP contribution in [0.25, 0.3) is 0 Å². The average molecular weight is 484 g/mol. The Hall–Kier alpha value is -3.22. The Labute approximate surface area is 200 Å². The normalized spacial score (nSPS) is 15.5. The third-order valence-electron chi connectivity index (χ3n) is 5.28. The molecule has 0 spiro atoms. The van der Waals surface area contributed by atoms with E-state index in [-0.39, 0.29) is 12.1 Å². The summed E-state index contributed by atoms with van der Waals surface area (Å²) in [4.78, 5) is 32.0. The van der Waals surface area contributed by atoms with Crippen LogP contribution in [0.5, 0.6) is 0 Å². The minimum atomic E-state index is -0.846. The van der Waals surface area contributed by atoms with E-state index >= 15 is 0 Å². The van der Waals surface area contributed by atoms with Gasteiger partial charge in [0.05, 0.1) is 22.1 Å². The molecule has 5 nitrogen and oxygen atoms in total. The van der Waals surface area contributed by atoms with Crippen molar-refractivity contribution in [2.24, 2.45) is 4.99 Å². The number of benzene rings is 3. The number of nitrogens with one attached hydrogen (secondary N) is 1. The molecule has 0 aliphatic carbocycles. The van der Waals surface area contributed by atoms with E-state index in [0.717, 1.165) is 5.56 Å². The molecule has 1 aliphatic rings. The molecule has 2 amide bonds. The van der Waals surface area contributed by atoms with Crippen molar-refractivity contribution in [2.75, 3.05) is 16.8 Å². The average Bonchev–Trinajstić information content (AvgIpc) is 2.86. The summed E-state index contributed by atoms with van der Waals surface area (Å²) in [6.07, 6.45) is 0. The van der Waals surface area contributed by atoms with Crippen LogP contribution in [0, 0.1) is 12.7 Å². The van der Waals surface area contributed by atoms with E-state index in [4.69, 9.17) is 23.2 Å². The van der Waals surface area contributed by atoms with Crippen molar-refractivity contribution in [3.63, 3.8) is 0 Å². The fourth-order valence-electron chi connectivity index (χ4n) is 3.68. The van der Waals surface area contributed by atoms with Crippen molar-refractivity contribution in [3.8, 4) is 0 Å². The number of carbonyl (C=O) groups is 2. The zero-order chi connectivity index (χ0) is 23.7. The molecular formula is C25H20Cl2FN3O2. The maximum atomic E-state index is 14.7. The lowest BCUT2D eigenvalue weighted by Gasteiger charge is -2.24. The van der Waals surface area contributed by atoms with Crippen LogP contribution in [-0.4, -0.2) is 30.1 Å². The van der Waals surface area contributed by atoms with E-state index in [9.17, 15) is 14.0 Å². The highest BCUT2D eigenvalue weighted by atomic mass is 35.5. The number of halogens is 3. The van der Waals surface area contributed by atoms with Gasteiger partial charge in [-0.25, -0.2) is 4.39 Å². The van der Waals surface area contributed by atoms with Crippen molar-refractivity contribution >= 4 is 52.1 Å². The van der Waals surface area contributed by atoms with Gasteiger partial charge >= 0.3 is 0 Å². The van der Waals surface area contributed by atoms with Crippen molar-refractivity contribution in [2.45, 2.75) is 19.9 Å². The van der Waals surface area contributed by atoms with Gasteiger partial charge in [-0.05, 0) is 61.9 Å². The molecule has 3 aromatic carbocycles. The predicted octanol–water partition coefficient (Wildman–Crippen LogP) is 5.65. The van der Waals surface area contributed by atoms with Crippen molar-refractivity contribution < 1.29 is 14.0 Å². The SMILES string of the molecule is Cc1ccc(NC(=O)CN2C(=O)C(C)N=C(c3ccccc3F)c3cc(Cl)ccc32)c(Cl)c1. The first-order valence-electron chi connectivity index (χ1n) is 10.2. The zero-order valence-electron chi connectivity index (χ0n) is 17.9. The predicted molar refractivity (Wildman–Crippen MR) is 130 cm³/mol. The Morgan fingerprint density at radius 3 is 2.58 bits per heavy atom. The van der Waals surface area contributed by atoms with Gasteiger partial charge < -0.3 is 10.2 Å². The second-order valence-corrected chi connectivity index (χ2v) is 8.59. The van der Waals surface area contributed by atoms with Crippen LogP contribution >= 0.6 is 23.2 Å². The van der Waals surface area contributed by atoms with E-state index < -0.39 is 23.7 Å². The Kier molecular flexibility index (Phi) is 6.49. The maximum Gasteiger partial charge on any atom is 0.252 e. The minimum absolute atomic E-state index is 0.249. The molecule has 0 bridgehead atoms. The number of carbonyl (C=O) groups excluding carboxylic acids is 2. The number of rotatable bonds is 4. The summed E-state index contributed by atoms with van der Waals surface area (Å²) < 4.78 is 14.7. The fraction of sp³-hybridized carbons (Fsp3) is 0.160. The molecule has 1 atom stereocenters. The minimum Gasteiger partial charge on any atom is -0.323 e. The number of aliphatic imine (C=N–C) groups is 1. The second-order valence-electron chi connectivity index (χ2n) is 7.75. The van der Waals surface area contributed by atoms with Crippen molar-refractivity contribution in [3.05, 3.63) is 93.2 Å². The summed E-state index contributed by atoms with van der Waals surface area (Å²) in [5, 5.41) is 3.54. The topological polar surface area (TPSA) is 61.8 Å². The molecule has 1 N–H and O–H groups in total. The zero-order valence-corrected chi connectivity index (χ0v) is 19.4. The van der Waals surface area contributed by atoms with E-state index in [1.165, 1.54) is 11.0 Å². The number of anilines is 2. The summed E-state index contributed by atoms with van der Waals surface area (Å²) in [5.74, 6) is -1.30. The molecule has 0 radical (unpaired) electrons. The fourth-order valence-corrected chi connectivity index (χ4v) is 4.14. The molecule has 1 heterocycles. The van der Waals surface area contributed by atoms with Gasteiger partial charge in [-0.2, -0.15) is 0 Å². The number of amides is 2. The number of benzodiazepines with no additional fused rings is 1. The Morgan fingerprint density at radius 1 is 1.09 bits per heavy atom. The quantitative estimate of drug-likeness (QED) is 0.520. The van der Waals surface area contributed by atoms with Crippen molar-refractivity contribution in [1.82, 2.24) is 0 Å². The number of aryl methyl sites for hydroxylation is 1. The third-order valence-corrected chi connectivity index (χ3v) is 5.83. The largest absolute Gasteiger partial charge is 0.323 e. The van der Waals surface area contributed by atoms with Crippen LogP contribution in [0.3, 0.4) is 0 Å². The van der Waals surface area contributed by atoms with Gasteiger partial charge in [0.25, 0.3) is 5.91 Å². The summed E-state index contributed by atoms with van der Waals surface area (Å²) in [6, 6.07) is 15.5. The van der Waals surface area contributed by atoms with Gasteiger partial charge in [0.15, 0.2) is 0 Å². The van der Waals surface area contributed by atoms with E-state index in [1.54, 1.807) is 55.5 Å². The Morgan fingerprint density at radius 2 is 1.85 bits per heavy atom. The molecule has 1 unspecified atom stereocenters. The molecule has 33 heavy (non-hydrogen) atoms. The van der Waals surface area contributed by atoms with E-state index in [1.807, 2.05) is 13.0 Å². The van der Waals surface area contributed by atoms with Crippen LogP contribution < -0.4 is 10.2 Å². The Balaban J connectivity index is 1.73. The van der Waals surface area contributed by atoms with Crippen LogP contribution in [0.4, 0.5) is 15.8 Å². The molecule has 0 saturated carbocycles. The molecule has 3 aromatic rings. The summed E-state index contributed by atoms with van der Waals surface area (Å²) in [5.41, 5.74) is 2.84. The Bertz CT molecular complexity index is 1290. The highest BCUT2D eigenvalue weighted by molar-refractivity contribution is 6.34. The molecule has 168 valence electrons. The highest BCUT2D eigenvalue weighted by Gasteiger charge is 2.32. The molecule has 0 aromatic heterocycles. The second kappa shape index (κ2) is 9.33. The molecule has 8 heteroatoms. The molecular weight excluding hydrogens is 464 g/mol. The smallest absolute Gasteiger partial charge is 0.252 e. The first kappa shape index (κ1) is 23.0. The monoisotopic (exact) mass is 483 g/mol. The van der Waals surface area contributed by atoms with Gasteiger partial charge in [-0.1, -0.05) is 41.4 Å². The number of hydrogen-bond acceptors (Lipinski definition) is 3. The van der Waals surface area contributed by atoms with E-state index in [0.29, 0.717) is 32.7 Å².